The quantitative estimate of drug-likeness (QED) is 0.169. The minimum absolute atomic E-state index is 0.609. The van der Waals surface area contributed by atoms with Gasteiger partial charge in [0.25, 0.3) is 0 Å². The van der Waals surface area contributed by atoms with Crippen LogP contribution in [0.2, 0.25) is 0 Å². The number of fused-ring (bicyclic) bond motifs is 7. The maximum Gasteiger partial charge on any atom is 0.161 e. The molecule has 4 heteroatoms. The fourth-order valence-electron chi connectivity index (χ4n) is 9.01. The van der Waals surface area contributed by atoms with Crippen molar-refractivity contribution in [3.05, 3.63) is 206 Å². The van der Waals surface area contributed by atoms with Crippen LogP contribution in [-0.4, -0.2) is 9.97 Å². The molecule has 0 aliphatic heterocycles. The minimum atomic E-state index is 0.609. The highest BCUT2D eigenvalue weighted by Crippen LogP contribution is 2.45. The predicted octanol–water partition coefficient (Wildman–Crippen LogP) is 15.4. The number of hydrogen-bond acceptors (Lipinski definition) is 4. The highest BCUT2D eigenvalue weighted by atomic mass is 16.3. The molecule has 3 aromatic heterocycles. The van der Waals surface area contributed by atoms with Crippen molar-refractivity contribution in [3.63, 3.8) is 0 Å². The van der Waals surface area contributed by atoms with Gasteiger partial charge in [0.15, 0.2) is 5.82 Å². The van der Waals surface area contributed by atoms with E-state index in [1.54, 1.807) is 0 Å². The van der Waals surface area contributed by atoms with E-state index < -0.39 is 0 Å². The van der Waals surface area contributed by atoms with Gasteiger partial charge in [-0.15, -0.1) is 0 Å². The Kier molecular flexibility index (Phi) is 7.82. The summed E-state index contributed by atoms with van der Waals surface area (Å²) in [5, 5.41) is 6.40. The van der Waals surface area contributed by atoms with Crippen LogP contribution in [0.5, 0.6) is 0 Å². The SMILES string of the molecule is c1ccc(-c2ccccc2-c2ccc3c(-c4ccccc4)cccc3c2-c2nc(-c3cccc4c3oc3ccccc34)cc(-c3cccc4c3oc3ccccc34)n2)cc1. The zero-order valence-corrected chi connectivity index (χ0v) is 32.3. The number of rotatable bonds is 6. The van der Waals surface area contributed by atoms with Crippen molar-refractivity contribution < 1.29 is 8.83 Å². The smallest absolute Gasteiger partial charge is 0.161 e. The number of furan rings is 2. The molecule has 0 fully saturated rings. The van der Waals surface area contributed by atoms with Gasteiger partial charge in [0.1, 0.15) is 22.3 Å². The Morgan fingerprint density at radius 2 is 0.733 bits per heavy atom. The molecule has 0 unspecified atom stereocenters. The van der Waals surface area contributed by atoms with Gasteiger partial charge in [-0.3, -0.25) is 0 Å². The molecule has 0 atom stereocenters. The molecule has 0 N–H and O–H groups in total. The predicted molar refractivity (Wildman–Crippen MR) is 247 cm³/mol. The fraction of sp³-hybridized carbons (Fsp3) is 0. The van der Waals surface area contributed by atoms with Gasteiger partial charge in [0.2, 0.25) is 0 Å². The lowest BCUT2D eigenvalue weighted by molar-refractivity contribution is 0.669. The second-order valence-corrected chi connectivity index (χ2v) is 15.2. The van der Waals surface area contributed by atoms with Crippen LogP contribution in [0.25, 0.3) is 122 Å². The van der Waals surface area contributed by atoms with Crippen LogP contribution in [0.15, 0.2) is 215 Å². The van der Waals surface area contributed by atoms with E-state index in [9.17, 15) is 0 Å². The number of benzene rings is 9. The molecule has 0 saturated heterocycles. The summed E-state index contributed by atoms with van der Waals surface area (Å²) >= 11 is 0. The van der Waals surface area contributed by atoms with E-state index >= 15 is 0 Å². The summed E-state index contributed by atoms with van der Waals surface area (Å²) < 4.78 is 13.3. The van der Waals surface area contributed by atoms with Crippen LogP contribution in [-0.2, 0) is 0 Å². The lowest BCUT2D eigenvalue weighted by Crippen LogP contribution is -1.99. The first-order chi connectivity index (χ1) is 29.8. The molecule has 12 aromatic rings. The van der Waals surface area contributed by atoms with Crippen molar-refractivity contribution in [1.29, 1.82) is 0 Å². The van der Waals surface area contributed by atoms with Gasteiger partial charge < -0.3 is 8.83 Å². The Morgan fingerprint density at radius 3 is 1.33 bits per heavy atom. The average molecular weight is 767 g/mol. The summed E-state index contributed by atoms with van der Waals surface area (Å²) in [7, 11) is 0. The third-order valence-corrected chi connectivity index (χ3v) is 11.8. The normalized spacial score (nSPS) is 11.7. The average Bonchev–Trinajstić information content (AvgIpc) is 3.90. The fourth-order valence-corrected chi connectivity index (χ4v) is 9.01. The van der Waals surface area contributed by atoms with E-state index in [-0.39, 0.29) is 0 Å². The van der Waals surface area contributed by atoms with Crippen LogP contribution in [0.4, 0.5) is 0 Å². The van der Waals surface area contributed by atoms with Gasteiger partial charge in [0.05, 0.1) is 11.4 Å². The summed E-state index contributed by atoms with van der Waals surface area (Å²) in [5.41, 5.74) is 14.2. The zero-order valence-electron chi connectivity index (χ0n) is 32.3. The number of aromatic nitrogens is 2. The van der Waals surface area contributed by atoms with Crippen LogP contribution in [0.1, 0.15) is 0 Å². The minimum Gasteiger partial charge on any atom is -0.455 e. The van der Waals surface area contributed by atoms with Crippen molar-refractivity contribution in [2.45, 2.75) is 0 Å². The van der Waals surface area contributed by atoms with E-state index in [1.807, 2.05) is 24.3 Å². The highest BCUT2D eigenvalue weighted by molar-refractivity contribution is 6.13. The number of para-hydroxylation sites is 4. The van der Waals surface area contributed by atoms with E-state index in [4.69, 9.17) is 18.8 Å². The van der Waals surface area contributed by atoms with Crippen molar-refractivity contribution in [2.24, 2.45) is 0 Å². The summed E-state index contributed by atoms with van der Waals surface area (Å²) in [4.78, 5) is 11.2. The molecule has 9 aromatic carbocycles. The monoisotopic (exact) mass is 766 g/mol. The lowest BCUT2D eigenvalue weighted by atomic mass is 9.87. The van der Waals surface area contributed by atoms with Crippen LogP contribution in [0.3, 0.4) is 0 Å². The topological polar surface area (TPSA) is 52.1 Å². The molecule has 280 valence electrons. The number of hydrogen-bond donors (Lipinski definition) is 0. The largest absolute Gasteiger partial charge is 0.455 e. The van der Waals surface area contributed by atoms with Crippen LogP contribution < -0.4 is 0 Å². The first kappa shape index (κ1) is 34.0. The molecule has 0 bridgehead atoms. The van der Waals surface area contributed by atoms with Gasteiger partial charge in [-0.05, 0) is 74.5 Å². The molecule has 3 heterocycles. The molecule has 4 nitrogen and oxygen atoms in total. The van der Waals surface area contributed by atoms with E-state index in [1.165, 1.54) is 0 Å². The van der Waals surface area contributed by atoms with Crippen LogP contribution in [0, 0.1) is 0 Å². The van der Waals surface area contributed by atoms with Crippen molar-refractivity contribution in [1.82, 2.24) is 9.97 Å². The van der Waals surface area contributed by atoms with Crippen molar-refractivity contribution in [3.8, 4) is 67.3 Å². The second-order valence-electron chi connectivity index (χ2n) is 15.2. The first-order valence-electron chi connectivity index (χ1n) is 20.2. The van der Waals surface area contributed by atoms with Gasteiger partial charge in [-0.25, -0.2) is 9.97 Å². The Balaban J connectivity index is 1.20. The van der Waals surface area contributed by atoms with Gasteiger partial charge in [-0.1, -0.05) is 176 Å². The summed E-state index contributed by atoms with van der Waals surface area (Å²) in [5.74, 6) is 0.609. The summed E-state index contributed by atoms with van der Waals surface area (Å²) in [6.45, 7) is 0. The molecule has 0 spiro atoms. The Morgan fingerprint density at radius 1 is 0.283 bits per heavy atom. The van der Waals surface area contributed by atoms with Gasteiger partial charge in [-0.2, -0.15) is 0 Å². The summed E-state index contributed by atoms with van der Waals surface area (Å²) in [6, 6.07) is 72.0. The molecule has 0 saturated carbocycles. The van der Waals surface area contributed by atoms with Gasteiger partial charge in [0, 0.05) is 38.2 Å². The second kappa shape index (κ2) is 13.8. The van der Waals surface area contributed by atoms with E-state index in [0.29, 0.717) is 5.82 Å². The molecular formula is C56H34N2O2. The molecule has 0 amide bonds. The Labute approximate surface area is 345 Å². The van der Waals surface area contributed by atoms with Crippen molar-refractivity contribution >= 4 is 54.6 Å². The molecule has 0 aliphatic rings. The summed E-state index contributed by atoms with van der Waals surface area (Å²) in [6.07, 6.45) is 0. The van der Waals surface area contributed by atoms with E-state index in [2.05, 4.69) is 182 Å². The molecule has 0 radical (unpaired) electrons. The highest BCUT2D eigenvalue weighted by Gasteiger charge is 2.23. The third-order valence-electron chi connectivity index (χ3n) is 11.8. The van der Waals surface area contributed by atoms with Crippen LogP contribution >= 0.6 is 0 Å². The Hall–Kier alpha value is -8.08. The molecule has 60 heavy (non-hydrogen) atoms. The number of nitrogens with zero attached hydrogens (tertiary/aromatic N) is 2. The van der Waals surface area contributed by atoms with Gasteiger partial charge >= 0.3 is 0 Å². The lowest BCUT2D eigenvalue weighted by Gasteiger charge is -2.19. The molecule has 0 aliphatic carbocycles. The van der Waals surface area contributed by atoms with E-state index in [0.717, 1.165) is 116 Å². The molecule has 12 rings (SSSR count). The maximum atomic E-state index is 6.65. The zero-order chi connectivity index (χ0) is 39.6. The standard InChI is InChI=1S/C56H34N2O2/c1-3-16-35(17-4-1)37-20-7-8-21-39(37)44-33-32-40-38(36-18-5-2-6-19-36)24-13-25-43(40)53(44)56-57-49(47-28-14-26-45-41-22-9-11-30-51(41)59-54(45)47)34-50(58-56)48-29-15-27-46-42-23-10-12-31-52(42)60-55(46)48/h1-34H. The third kappa shape index (κ3) is 5.46. The first-order valence-corrected chi connectivity index (χ1v) is 20.2. The maximum absolute atomic E-state index is 6.65. The van der Waals surface area contributed by atoms with Crippen molar-refractivity contribution in [2.75, 3.05) is 0 Å². The molecular weight excluding hydrogens is 733 g/mol. The Bertz CT molecular complexity index is 3470.